The molecule has 0 aliphatic carbocycles. The average molecular weight is 124 g/mol. The zero-order valence-electron chi connectivity index (χ0n) is 5.15. The number of rotatable bonds is 1. The van der Waals surface area contributed by atoms with Crippen LogP contribution in [0.3, 0.4) is 0 Å². The van der Waals surface area contributed by atoms with Crippen molar-refractivity contribution in [1.29, 1.82) is 0 Å². The minimum Gasteiger partial charge on any atom is -0.387 e. The second-order valence-electron chi connectivity index (χ2n) is 1.81. The molecule has 1 aromatic heterocycles. The fourth-order valence-electron chi connectivity index (χ4n) is 0.548. The third kappa shape index (κ3) is 1.47. The van der Waals surface area contributed by atoms with E-state index in [-0.39, 0.29) is 0 Å². The van der Waals surface area contributed by atoms with Crippen molar-refractivity contribution in [1.82, 2.24) is 9.97 Å². The standard InChI is InChI=1S/C6H8N2O/c1-5(9)6-2-3-7-4-8-6/h2-5,9H,1H3. The normalized spacial score (nSPS) is 13.1. The lowest BCUT2D eigenvalue weighted by atomic mass is 10.3. The largest absolute Gasteiger partial charge is 0.387 e. The van der Waals surface area contributed by atoms with E-state index in [0.29, 0.717) is 5.69 Å². The van der Waals surface area contributed by atoms with Gasteiger partial charge in [0.05, 0.1) is 11.8 Å². The van der Waals surface area contributed by atoms with Crippen molar-refractivity contribution >= 4 is 0 Å². The van der Waals surface area contributed by atoms with Crippen LogP contribution in [0.4, 0.5) is 0 Å². The molecule has 1 N–H and O–H groups in total. The quantitative estimate of drug-likeness (QED) is 0.594. The molecular formula is C6H8N2O. The molecule has 0 fully saturated rings. The summed E-state index contributed by atoms with van der Waals surface area (Å²) in [6, 6.07) is 1.69. The van der Waals surface area contributed by atoms with Crippen LogP contribution >= 0.6 is 0 Å². The number of aromatic nitrogens is 2. The van der Waals surface area contributed by atoms with Gasteiger partial charge in [-0.05, 0) is 13.0 Å². The summed E-state index contributed by atoms with van der Waals surface area (Å²) in [5.74, 6) is 0. The zero-order valence-corrected chi connectivity index (χ0v) is 5.15. The fraction of sp³-hybridized carbons (Fsp3) is 0.333. The molecule has 0 amide bonds. The molecule has 1 heterocycles. The van der Waals surface area contributed by atoms with Gasteiger partial charge in [-0.2, -0.15) is 0 Å². The molecule has 0 aromatic carbocycles. The molecule has 0 aliphatic heterocycles. The van der Waals surface area contributed by atoms with Gasteiger partial charge in [0.2, 0.25) is 0 Å². The molecule has 0 radical (unpaired) electrons. The molecular weight excluding hydrogens is 116 g/mol. The van der Waals surface area contributed by atoms with Crippen LogP contribution in [0, 0.1) is 0 Å². The van der Waals surface area contributed by atoms with Crippen molar-refractivity contribution in [3.8, 4) is 0 Å². The molecule has 1 aromatic rings. The van der Waals surface area contributed by atoms with Crippen LogP contribution in [-0.4, -0.2) is 15.1 Å². The first-order valence-corrected chi connectivity index (χ1v) is 2.74. The van der Waals surface area contributed by atoms with Gasteiger partial charge in [0, 0.05) is 6.20 Å². The minimum absolute atomic E-state index is 0.493. The Kier molecular flexibility index (Phi) is 1.75. The van der Waals surface area contributed by atoms with Crippen molar-refractivity contribution in [2.24, 2.45) is 0 Å². The van der Waals surface area contributed by atoms with Gasteiger partial charge >= 0.3 is 0 Å². The first-order chi connectivity index (χ1) is 4.30. The second-order valence-corrected chi connectivity index (χ2v) is 1.81. The number of aliphatic hydroxyl groups is 1. The third-order valence-corrected chi connectivity index (χ3v) is 1.03. The van der Waals surface area contributed by atoms with Gasteiger partial charge < -0.3 is 5.11 Å². The Morgan fingerprint density at radius 3 is 2.78 bits per heavy atom. The number of nitrogens with zero attached hydrogens (tertiary/aromatic N) is 2. The van der Waals surface area contributed by atoms with E-state index in [0.717, 1.165) is 0 Å². The van der Waals surface area contributed by atoms with E-state index in [1.165, 1.54) is 6.33 Å². The Labute approximate surface area is 53.4 Å². The lowest BCUT2D eigenvalue weighted by molar-refractivity contribution is 0.194. The van der Waals surface area contributed by atoms with Gasteiger partial charge in [-0.3, -0.25) is 0 Å². The van der Waals surface area contributed by atoms with Crippen molar-refractivity contribution in [2.45, 2.75) is 13.0 Å². The summed E-state index contributed by atoms with van der Waals surface area (Å²) in [4.78, 5) is 7.52. The van der Waals surface area contributed by atoms with E-state index in [1.807, 2.05) is 0 Å². The van der Waals surface area contributed by atoms with Crippen LogP contribution in [0.1, 0.15) is 18.7 Å². The van der Waals surface area contributed by atoms with Gasteiger partial charge in [-0.1, -0.05) is 0 Å². The third-order valence-electron chi connectivity index (χ3n) is 1.03. The first kappa shape index (κ1) is 6.16. The maximum atomic E-state index is 8.93. The zero-order chi connectivity index (χ0) is 6.69. The molecule has 3 nitrogen and oxygen atoms in total. The van der Waals surface area contributed by atoms with E-state index in [1.54, 1.807) is 19.2 Å². The van der Waals surface area contributed by atoms with Crippen LogP contribution in [-0.2, 0) is 0 Å². The van der Waals surface area contributed by atoms with E-state index >= 15 is 0 Å². The highest BCUT2D eigenvalue weighted by molar-refractivity contribution is 4.99. The van der Waals surface area contributed by atoms with Crippen LogP contribution in [0.2, 0.25) is 0 Å². The van der Waals surface area contributed by atoms with Crippen LogP contribution in [0.15, 0.2) is 18.6 Å². The van der Waals surface area contributed by atoms with Crippen molar-refractivity contribution in [3.63, 3.8) is 0 Å². The summed E-state index contributed by atoms with van der Waals surface area (Å²) in [6.45, 7) is 1.67. The van der Waals surface area contributed by atoms with Gasteiger partial charge in [0.15, 0.2) is 0 Å². The highest BCUT2D eigenvalue weighted by atomic mass is 16.3. The Bertz CT molecular complexity index is 174. The number of hydrogen-bond acceptors (Lipinski definition) is 3. The smallest absolute Gasteiger partial charge is 0.115 e. The predicted molar refractivity (Wildman–Crippen MR) is 32.7 cm³/mol. The molecule has 1 rings (SSSR count). The Hall–Kier alpha value is -0.960. The SMILES string of the molecule is CC(O)c1ccncn1. The minimum atomic E-state index is -0.493. The molecule has 9 heavy (non-hydrogen) atoms. The molecule has 1 atom stereocenters. The molecule has 1 unspecified atom stereocenters. The highest BCUT2D eigenvalue weighted by Gasteiger charge is 1.97. The lowest BCUT2D eigenvalue weighted by Gasteiger charge is -1.99. The summed E-state index contributed by atoms with van der Waals surface area (Å²) in [5, 5.41) is 8.93. The molecule has 0 aliphatic rings. The maximum absolute atomic E-state index is 8.93. The fourth-order valence-corrected chi connectivity index (χ4v) is 0.548. The van der Waals surface area contributed by atoms with Crippen LogP contribution in [0.5, 0.6) is 0 Å². The second kappa shape index (κ2) is 2.55. The van der Waals surface area contributed by atoms with Gasteiger partial charge in [-0.15, -0.1) is 0 Å². The predicted octanol–water partition coefficient (Wildman–Crippen LogP) is 0.530. The highest BCUT2D eigenvalue weighted by Crippen LogP contribution is 2.04. The van der Waals surface area contributed by atoms with Crippen LogP contribution < -0.4 is 0 Å². The summed E-state index contributed by atoms with van der Waals surface area (Å²) >= 11 is 0. The number of aliphatic hydroxyl groups excluding tert-OH is 1. The summed E-state index contributed by atoms with van der Waals surface area (Å²) in [7, 11) is 0. The Morgan fingerprint density at radius 1 is 1.67 bits per heavy atom. The van der Waals surface area contributed by atoms with E-state index < -0.39 is 6.10 Å². The first-order valence-electron chi connectivity index (χ1n) is 2.74. The van der Waals surface area contributed by atoms with Crippen molar-refractivity contribution in [3.05, 3.63) is 24.3 Å². The monoisotopic (exact) mass is 124 g/mol. The van der Waals surface area contributed by atoms with E-state index in [4.69, 9.17) is 5.11 Å². The van der Waals surface area contributed by atoms with Gasteiger partial charge in [-0.25, -0.2) is 9.97 Å². The molecule has 48 valence electrons. The summed E-state index contributed by atoms with van der Waals surface area (Å²) < 4.78 is 0. The van der Waals surface area contributed by atoms with Gasteiger partial charge in [0.25, 0.3) is 0 Å². The summed E-state index contributed by atoms with van der Waals surface area (Å²) in [6.07, 6.45) is 2.53. The van der Waals surface area contributed by atoms with Crippen molar-refractivity contribution in [2.75, 3.05) is 0 Å². The Morgan fingerprint density at radius 2 is 2.44 bits per heavy atom. The maximum Gasteiger partial charge on any atom is 0.115 e. The lowest BCUT2D eigenvalue weighted by Crippen LogP contribution is -1.93. The average Bonchev–Trinajstić information content (AvgIpc) is 1.90. The summed E-state index contributed by atoms with van der Waals surface area (Å²) in [5.41, 5.74) is 0.657. The molecule has 0 saturated heterocycles. The van der Waals surface area contributed by atoms with Crippen LogP contribution in [0.25, 0.3) is 0 Å². The number of hydrogen-bond donors (Lipinski definition) is 1. The van der Waals surface area contributed by atoms with E-state index in [2.05, 4.69) is 9.97 Å². The molecule has 3 heteroatoms. The molecule has 0 bridgehead atoms. The van der Waals surface area contributed by atoms with Gasteiger partial charge in [0.1, 0.15) is 6.33 Å². The molecule has 0 saturated carbocycles. The van der Waals surface area contributed by atoms with Crippen molar-refractivity contribution < 1.29 is 5.11 Å². The molecule has 0 spiro atoms. The topological polar surface area (TPSA) is 46.0 Å². The Balaban J connectivity index is 2.85. The van der Waals surface area contributed by atoms with E-state index in [9.17, 15) is 0 Å².